The molecule has 0 aromatic heterocycles. The average Bonchev–Trinajstić information content (AvgIpc) is 2.53. The van der Waals surface area contributed by atoms with Crippen LogP contribution in [0.4, 0.5) is 5.69 Å². The summed E-state index contributed by atoms with van der Waals surface area (Å²) in [5, 5.41) is 14.4. The Morgan fingerprint density at radius 3 is 2.52 bits per heavy atom. The van der Waals surface area contributed by atoms with Crippen molar-refractivity contribution in [3.8, 4) is 0 Å². The van der Waals surface area contributed by atoms with Gasteiger partial charge in [0.2, 0.25) is 0 Å². The van der Waals surface area contributed by atoms with E-state index in [1.165, 1.54) is 0 Å². The fourth-order valence-electron chi connectivity index (χ4n) is 3.08. The zero-order valence-electron chi connectivity index (χ0n) is 13.1. The van der Waals surface area contributed by atoms with Crippen LogP contribution in [0.25, 0.3) is 0 Å². The number of hydrogen-bond acceptors (Lipinski definition) is 4. The number of benzene rings is 1. The van der Waals surface area contributed by atoms with Crippen molar-refractivity contribution >= 4 is 5.69 Å². The van der Waals surface area contributed by atoms with Crippen molar-refractivity contribution in [1.82, 2.24) is 10.2 Å². The number of nitro benzene ring substituents is 1. The maximum atomic E-state index is 10.8. The molecule has 0 spiro atoms. The SMILES string of the molecule is CCC1CN(C(C)c2ccc([N+](=O)[O-])cc2)C(CC)CN1. The summed E-state index contributed by atoms with van der Waals surface area (Å²) in [6.45, 7) is 8.67. The predicted octanol–water partition coefficient (Wildman–Crippen LogP) is 3.12. The second-order valence-corrected chi connectivity index (χ2v) is 5.80. The molecule has 3 unspecified atom stereocenters. The smallest absolute Gasteiger partial charge is 0.269 e. The Balaban J connectivity index is 2.15. The van der Waals surface area contributed by atoms with Crippen molar-refractivity contribution in [3.63, 3.8) is 0 Å². The van der Waals surface area contributed by atoms with Gasteiger partial charge in [0.25, 0.3) is 5.69 Å². The quantitative estimate of drug-likeness (QED) is 0.669. The van der Waals surface area contributed by atoms with Gasteiger partial charge in [-0.2, -0.15) is 0 Å². The summed E-state index contributed by atoms with van der Waals surface area (Å²) >= 11 is 0. The molecule has 116 valence electrons. The van der Waals surface area contributed by atoms with E-state index in [1.54, 1.807) is 12.1 Å². The minimum Gasteiger partial charge on any atom is -0.311 e. The third-order valence-electron chi connectivity index (χ3n) is 4.59. The molecule has 0 radical (unpaired) electrons. The number of non-ortho nitro benzene ring substituents is 1. The van der Waals surface area contributed by atoms with Crippen LogP contribution in [0.3, 0.4) is 0 Å². The summed E-state index contributed by atoms with van der Waals surface area (Å²) in [5.74, 6) is 0. The van der Waals surface area contributed by atoms with Gasteiger partial charge in [0.1, 0.15) is 0 Å². The van der Waals surface area contributed by atoms with Gasteiger partial charge in [-0.15, -0.1) is 0 Å². The summed E-state index contributed by atoms with van der Waals surface area (Å²) in [4.78, 5) is 12.9. The molecule has 1 heterocycles. The number of rotatable bonds is 5. The molecule has 21 heavy (non-hydrogen) atoms. The molecule has 1 fully saturated rings. The third kappa shape index (κ3) is 3.60. The largest absolute Gasteiger partial charge is 0.311 e. The van der Waals surface area contributed by atoms with Gasteiger partial charge >= 0.3 is 0 Å². The molecular formula is C16H25N3O2. The molecule has 0 bridgehead atoms. The van der Waals surface area contributed by atoms with Crippen LogP contribution in [0.2, 0.25) is 0 Å². The van der Waals surface area contributed by atoms with E-state index in [9.17, 15) is 10.1 Å². The minimum atomic E-state index is -0.346. The molecule has 1 aliphatic heterocycles. The molecule has 1 saturated heterocycles. The number of hydrogen-bond donors (Lipinski definition) is 1. The molecule has 5 nitrogen and oxygen atoms in total. The first-order chi connectivity index (χ1) is 10.1. The van der Waals surface area contributed by atoms with Gasteiger partial charge in [0.05, 0.1) is 4.92 Å². The highest BCUT2D eigenvalue weighted by Gasteiger charge is 2.29. The summed E-state index contributed by atoms with van der Waals surface area (Å²) in [7, 11) is 0. The minimum absolute atomic E-state index is 0.157. The summed E-state index contributed by atoms with van der Waals surface area (Å²) < 4.78 is 0. The van der Waals surface area contributed by atoms with Crippen LogP contribution >= 0.6 is 0 Å². The standard InChI is InChI=1S/C16H25N3O2/c1-4-14-11-18(15(5-2)10-17-14)12(3)13-6-8-16(9-7-13)19(20)21/h6-9,12,14-15,17H,4-5,10-11H2,1-3H3. The zero-order valence-corrected chi connectivity index (χ0v) is 13.1. The van der Waals surface area contributed by atoms with E-state index < -0.39 is 0 Å². The fraction of sp³-hybridized carbons (Fsp3) is 0.625. The second-order valence-electron chi connectivity index (χ2n) is 5.80. The lowest BCUT2D eigenvalue weighted by Crippen LogP contribution is -2.56. The lowest BCUT2D eigenvalue weighted by molar-refractivity contribution is -0.384. The molecule has 1 N–H and O–H groups in total. The van der Waals surface area contributed by atoms with Gasteiger partial charge in [0, 0.05) is 43.3 Å². The van der Waals surface area contributed by atoms with Gasteiger partial charge in [-0.1, -0.05) is 26.0 Å². The van der Waals surface area contributed by atoms with Gasteiger partial charge in [-0.05, 0) is 25.3 Å². The van der Waals surface area contributed by atoms with Crippen molar-refractivity contribution in [1.29, 1.82) is 0 Å². The molecule has 0 aliphatic carbocycles. The highest BCUT2D eigenvalue weighted by molar-refractivity contribution is 5.34. The van der Waals surface area contributed by atoms with Crippen LogP contribution in [-0.2, 0) is 0 Å². The zero-order chi connectivity index (χ0) is 15.4. The highest BCUT2D eigenvalue weighted by atomic mass is 16.6. The van der Waals surface area contributed by atoms with Crippen LogP contribution < -0.4 is 5.32 Å². The average molecular weight is 291 g/mol. The van der Waals surface area contributed by atoms with E-state index in [1.807, 2.05) is 12.1 Å². The molecule has 5 heteroatoms. The van der Waals surface area contributed by atoms with E-state index in [0.29, 0.717) is 12.1 Å². The topological polar surface area (TPSA) is 58.4 Å². The van der Waals surface area contributed by atoms with Crippen LogP contribution in [0.1, 0.15) is 45.2 Å². The Kier molecular flexibility index (Phi) is 5.31. The van der Waals surface area contributed by atoms with Crippen LogP contribution in [0, 0.1) is 10.1 Å². The second kappa shape index (κ2) is 7.00. The monoisotopic (exact) mass is 291 g/mol. The Labute approximate surface area is 126 Å². The number of nitrogens with one attached hydrogen (secondary N) is 1. The van der Waals surface area contributed by atoms with E-state index in [0.717, 1.165) is 31.5 Å². The first-order valence-electron chi connectivity index (χ1n) is 7.80. The van der Waals surface area contributed by atoms with E-state index >= 15 is 0 Å². The Morgan fingerprint density at radius 1 is 1.33 bits per heavy atom. The lowest BCUT2D eigenvalue weighted by Gasteiger charge is -2.43. The van der Waals surface area contributed by atoms with Gasteiger partial charge in [0.15, 0.2) is 0 Å². The van der Waals surface area contributed by atoms with Crippen LogP contribution in [0.15, 0.2) is 24.3 Å². The summed E-state index contributed by atoms with van der Waals surface area (Å²) in [5.41, 5.74) is 1.31. The van der Waals surface area contributed by atoms with Crippen molar-refractivity contribution in [3.05, 3.63) is 39.9 Å². The van der Waals surface area contributed by atoms with Gasteiger partial charge in [-0.25, -0.2) is 0 Å². The Bertz CT molecular complexity index is 475. The molecule has 0 saturated carbocycles. The summed E-state index contributed by atoms with van der Waals surface area (Å²) in [6, 6.07) is 8.33. The molecule has 0 amide bonds. The maximum Gasteiger partial charge on any atom is 0.269 e. The Morgan fingerprint density at radius 2 is 2.00 bits per heavy atom. The lowest BCUT2D eigenvalue weighted by atomic mass is 9.99. The summed E-state index contributed by atoms with van der Waals surface area (Å²) in [6.07, 6.45) is 2.24. The fourth-order valence-corrected chi connectivity index (χ4v) is 3.08. The number of nitro groups is 1. The van der Waals surface area contributed by atoms with Crippen molar-refractivity contribution in [2.45, 2.75) is 51.7 Å². The van der Waals surface area contributed by atoms with Crippen LogP contribution in [-0.4, -0.2) is 35.0 Å². The first kappa shape index (κ1) is 15.9. The first-order valence-corrected chi connectivity index (χ1v) is 7.80. The number of piperazine rings is 1. The predicted molar refractivity (Wildman–Crippen MR) is 84.4 cm³/mol. The van der Waals surface area contributed by atoms with Crippen molar-refractivity contribution in [2.75, 3.05) is 13.1 Å². The molecule has 3 atom stereocenters. The Hall–Kier alpha value is -1.46. The number of nitrogens with zero attached hydrogens (tertiary/aromatic N) is 2. The van der Waals surface area contributed by atoms with Crippen molar-refractivity contribution < 1.29 is 4.92 Å². The van der Waals surface area contributed by atoms with Gasteiger partial charge < -0.3 is 5.32 Å². The third-order valence-corrected chi connectivity index (χ3v) is 4.59. The van der Waals surface area contributed by atoms with Crippen molar-refractivity contribution in [2.24, 2.45) is 0 Å². The van der Waals surface area contributed by atoms with Crippen LogP contribution in [0.5, 0.6) is 0 Å². The molecule has 2 rings (SSSR count). The van der Waals surface area contributed by atoms with E-state index in [4.69, 9.17) is 0 Å². The highest BCUT2D eigenvalue weighted by Crippen LogP contribution is 2.27. The molecular weight excluding hydrogens is 266 g/mol. The van der Waals surface area contributed by atoms with Gasteiger partial charge in [-0.3, -0.25) is 15.0 Å². The molecule has 1 aliphatic rings. The normalized spacial score (nSPS) is 24.7. The molecule has 1 aromatic rings. The van der Waals surface area contributed by atoms with E-state index in [-0.39, 0.29) is 16.7 Å². The van der Waals surface area contributed by atoms with E-state index in [2.05, 4.69) is 31.0 Å². The molecule has 1 aromatic carbocycles. The maximum absolute atomic E-state index is 10.8.